The van der Waals surface area contributed by atoms with Gasteiger partial charge in [0.15, 0.2) is 0 Å². The van der Waals surface area contributed by atoms with E-state index in [4.69, 9.17) is 0 Å². The molecule has 0 fully saturated rings. The van der Waals surface area contributed by atoms with Gasteiger partial charge in [0, 0.05) is 25.8 Å². The molecule has 3 rings (SSSR count). The van der Waals surface area contributed by atoms with Crippen LogP contribution in [0.2, 0.25) is 0 Å². The van der Waals surface area contributed by atoms with Crippen LogP contribution in [0.4, 0.5) is 0 Å². The second-order valence-corrected chi connectivity index (χ2v) is 5.30. The van der Waals surface area contributed by atoms with Gasteiger partial charge in [-0.05, 0) is 0 Å². The van der Waals surface area contributed by atoms with Crippen molar-refractivity contribution in [1.29, 1.82) is 0 Å². The fourth-order valence-corrected chi connectivity index (χ4v) is 2.57. The molecule has 0 radical (unpaired) electrons. The smallest absolute Gasteiger partial charge is 0 e. The number of rotatable bonds is 5. The zero-order chi connectivity index (χ0) is 14.0. The molecule has 1 atom stereocenters. The molecule has 0 bridgehead atoms. The molecule has 2 aromatic rings. The normalized spacial score (nSPS) is 11.1. The van der Waals surface area contributed by atoms with E-state index in [1.165, 1.54) is 43.2 Å². The summed E-state index contributed by atoms with van der Waals surface area (Å²) in [5.41, 5.74) is 2.85. The first-order valence-corrected chi connectivity index (χ1v) is 7.76. The maximum atomic E-state index is 3.47. The Kier molecular flexibility index (Phi) is 46.4. The number of allylic oxidation sites excluding steroid dienone is 1. The van der Waals surface area contributed by atoms with E-state index in [2.05, 4.69) is 43.3 Å². The Morgan fingerprint density at radius 2 is 1.36 bits per heavy atom. The van der Waals surface area contributed by atoms with E-state index < -0.39 is 0 Å². The molecule has 1 unspecified atom stereocenters. The summed E-state index contributed by atoms with van der Waals surface area (Å²) in [6.45, 7) is 2.26. The van der Waals surface area contributed by atoms with Gasteiger partial charge in [0.1, 0.15) is 0 Å². The third-order valence-electron chi connectivity index (χ3n) is 3.71. The number of benzene rings is 1. The topological polar surface area (TPSA) is 0 Å². The van der Waals surface area contributed by atoms with Crippen molar-refractivity contribution in [3.05, 3.63) is 124 Å². The van der Waals surface area contributed by atoms with Crippen LogP contribution in [0.15, 0.2) is 54.6 Å². The molecule has 1 heteroatoms. The van der Waals surface area contributed by atoms with Crippen molar-refractivity contribution >= 4 is 6.08 Å². The van der Waals surface area contributed by atoms with Crippen LogP contribution in [0.3, 0.4) is 0 Å². The van der Waals surface area contributed by atoms with Crippen molar-refractivity contribution in [3.63, 3.8) is 0 Å². The van der Waals surface area contributed by atoms with Gasteiger partial charge in [-0.2, -0.15) is 23.8 Å². The molecule has 28 heavy (non-hydrogen) atoms. The summed E-state index contributed by atoms with van der Waals surface area (Å²) >= 11 is 0. The number of fused-ring (bicyclic) bond motifs is 1. The molecule has 0 saturated carbocycles. The molecule has 0 aromatic heterocycles. The molecule has 2 aromatic carbocycles. The van der Waals surface area contributed by atoms with Crippen LogP contribution >= 0.6 is 0 Å². The van der Waals surface area contributed by atoms with Crippen molar-refractivity contribution in [2.75, 3.05) is 0 Å². The Balaban J connectivity index is -0.0000000608. The SMILES string of the molecule is CCCCCCC1[C-]=Cc2ccccc21.[CH3-].[CH3-].[CH3-].[CH3-].[CH3-].[CH3-].[CH3-].[Hf].c1cc[cH-]c1. The summed E-state index contributed by atoms with van der Waals surface area (Å²) < 4.78 is 0. The summed E-state index contributed by atoms with van der Waals surface area (Å²) in [4.78, 5) is 0. The van der Waals surface area contributed by atoms with Crippen LogP contribution in [-0.4, -0.2) is 0 Å². The van der Waals surface area contributed by atoms with Crippen molar-refractivity contribution in [2.45, 2.75) is 44.9 Å². The van der Waals surface area contributed by atoms with E-state index in [9.17, 15) is 0 Å². The van der Waals surface area contributed by atoms with E-state index in [-0.39, 0.29) is 77.8 Å². The maximum Gasteiger partial charge on any atom is 0 e. The second kappa shape index (κ2) is 28.4. The van der Waals surface area contributed by atoms with Crippen molar-refractivity contribution in [3.8, 4) is 0 Å². The Labute approximate surface area is 200 Å². The van der Waals surface area contributed by atoms with Gasteiger partial charge >= 0.3 is 0 Å². The van der Waals surface area contributed by atoms with Gasteiger partial charge in [0.2, 0.25) is 0 Å². The van der Waals surface area contributed by atoms with Crippen molar-refractivity contribution < 1.29 is 25.8 Å². The molecule has 0 heterocycles. The Morgan fingerprint density at radius 1 is 0.786 bits per heavy atom. The fourth-order valence-electron chi connectivity index (χ4n) is 2.57. The molecular formula is C27H45Hf-9. The van der Waals surface area contributed by atoms with Gasteiger partial charge < -0.3 is 52.0 Å². The quantitative estimate of drug-likeness (QED) is 0.199. The third-order valence-corrected chi connectivity index (χ3v) is 3.71. The average molecular weight is 548 g/mol. The first kappa shape index (κ1) is 45.7. The van der Waals surface area contributed by atoms with Crippen LogP contribution in [0.5, 0.6) is 0 Å². The second-order valence-electron chi connectivity index (χ2n) is 5.30. The zero-order valence-electron chi connectivity index (χ0n) is 19.9. The first-order chi connectivity index (χ1) is 9.92. The number of hydrogen-bond donors (Lipinski definition) is 0. The van der Waals surface area contributed by atoms with Gasteiger partial charge in [-0.15, -0.1) is 11.6 Å². The van der Waals surface area contributed by atoms with Crippen LogP contribution < -0.4 is 0 Å². The minimum atomic E-state index is 0. The molecule has 166 valence electrons. The van der Waals surface area contributed by atoms with Crippen molar-refractivity contribution in [2.24, 2.45) is 0 Å². The van der Waals surface area contributed by atoms with E-state index in [1.807, 2.05) is 30.3 Å². The monoisotopic (exact) mass is 549 g/mol. The van der Waals surface area contributed by atoms with Crippen molar-refractivity contribution in [1.82, 2.24) is 0 Å². The largest absolute Gasteiger partial charge is 0.358 e. The van der Waals surface area contributed by atoms with Crippen LogP contribution in [0.1, 0.15) is 56.1 Å². The van der Waals surface area contributed by atoms with Crippen LogP contribution in [0, 0.1) is 58.1 Å². The first-order valence-electron chi connectivity index (χ1n) is 7.76. The summed E-state index contributed by atoms with van der Waals surface area (Å²) in [5, 5.41) is 0. The predicted octanol–water partition coefficient (Wildman–Crippen LogP) is 9.13. The molecule has 0 spiro atoms. The average Bonchev–Trinajstić information content (AvgIpc) is 3.17. The van der Waals surface area contributed by atoms with Gasteiger partial charge in [0.05, 0.1) is 0 Å². The molecule has 0 N–H and O–H groups in total. The molecule has 1 aliphatic rings. The number of unbranched alkanes of at least 4 members (excludes halogenated alkanes) is 3. The standard InChI is InChI=1S/C15H19.C5H5.7CH3.Hf/c1-2-3-4-5-8-13-11-12-14-9-6-7-10-15(13)14;1-2-4-5-3-1;;;;;;;;/h6-7,9-10,12-13H,2-5,8H2,1H3;1-5H;7*1H3;/q9*-1;. The van der Waals surface area contributed by atoms with Crippen LogP contribution in [-0.2, 0) is 25.8 Å². The Bertz CT molecular complexity index is 480. The van der Waals surface area contributed by atoms with E-state index in [0.717, 1.165) is 0 Å². The van der Waals surface area contributed by atoms with Gasteiger partial charge in [0.25, 0.3) is 0 Å². The molecule has 0 nitrogen and oxygen atoms in total. The van der Waals surface area contributed by atoms with E-state index >= 15 is 0 Å². The minimum Gasteiger partial charge on any atom is -0.358 e. The Morgan fingerprint density at radius 3 is 1.86 bits per heavy atom. The van der Waals surface area contributed by atoms with Gasteiger partial charge in [-0.25, -0.2) is 18.2 Å². The Hall–Kier alpha value is -0.820. The zero-order valence-corrected chi connectivity index (χ0v) is 23.5. The molecular weight excluding hydrogens is 503 g/mol. The maximum absolute atomic E-state index is 3.47. The number of hydrogen-bond acceptors (Lipinski definition) is 0. The van der Waals surface area contributed by atoms with Gasteiger partial charge in [-0.3, -0.25) is 6.08 Å². The van der Waals surface area contributed by atoms with E-state index in [1.54, 1.807) is 0 Å². The summed E-state index contributed by atoms with van der Waals surface area (Å²) in [7, 11) is 0. The van der Waals surface area contributed by atoms with Gasteiger partial charge in [-0.1, -0.05) is 63.1 Å². The molecule has 0 saturated heterocycles. The summed E-state index contributed by atoms with van der Waals surface area (Å²) in [6, 6.07) is 18.7. The minimum absolute atomic E-state index is 0. The molecule has 1 aliphatic carbocycles. The van der Waals surface area contributed by atoms with Crippen LogP contribution in [0.25, 0.3) is 6.08 Å². The van der Waals surface area contributed by atoms with E-state index in [0.29, 0.717) is 5.92 Å². The fraction of sp³-hybridized carbons (Fsp3) is 0.259. The third kappa shape index (κ3) is 16.2. The molecule has 0 aliphatic heterocycles. The summed E-state index contributed by atoms with van der Waals surface area (Å²) in [5.74, 6) is 0.568. The molecule has 0 amide bonds. The predicted molar refractivity (Wildman–Crippen MR) is 133 cm³/mol. The summed E-state index contributed by atoms with van der Waals surface area (Å²) in [6.07, 6.45) is 12.3.